The molecule has 0 aromatic heterocycles. The number of oxime groups is 1. The van der Waals surface area contributed by atoms with E-state index in [1.165, 1.54) is 0 Å². The van der Waals surface area contributed by atoms with E-state index in [1.54, 1.807) is 24.3 Å². The zero-order valence-electron chi connectivity index (χ0n) is 11.0. The van der Waals surface area contributed by atoms with Crippen molar-refractivity contribution < 1.29 is 9.63 Å². The maximum Gasteiger partial charge on any atom is 0.368 e. The Morgan fingerprint density at radius 3 is 2.68 bits per heavy atom. The van der Waals surface area contributed by atoms with E-state index in [4.69, 9.17) is 28.0 Å². The van der Waals surface area contributed by atoms with Crippen LogP contribution in [-0.4, -0.2) is 11.7 Å². The molecule has 110 valence electrons. The Balaban J connectivity index is 2.06. The molecule has 0 atom stereocenters. The first-order valence-electron chi connectivity index (χ1n) is 6.27. The third kappa shape index (κ3) is 3.19. The van der Waals surface area contributed by atoms with Gasteiger partial charge in [0.25, 0.3) is 0 Å². The van der Waals surface area contributed by atoms with Crippen molar-refractivity contribution in [3.8, 4) is 0 Å². The fourth-order valence-corrected chi connectivity index (χ4v) is 3.03. The third-order valence-electron chi connectivity index (χ3n) is 3.06. The van der Waals surface area contributed by atoms with Gasteiger partial charge in [-0.2, -0.15) is 0 Å². The van der Waals surface area contributed by atoms with Gasteiger partial charge in [-0.15, -0.1) is 0 Å². The highest BCUT2D eigenvalue weighted by Gasteiger charge is 2.27. The monoisotopic (exact) mass is 443 g/mol. The van der Waals surface area contributed by atoms with Crippen molar-refractivity contribution in [3.05, 3.63) is 72.8 Å². The van der Waals surface area contributed by atoms with Gasteiger partial charge in [-0.3, -0.25) is 0 Å². The van der Waals surface area contributed by atoms with Gasteiger partial charge in [-0.05, 0) is 58.5 Å². The Morgan fingerprint density at radius 2 is 1.95 bits per heavy atom. The predicted octanol–water partition coefficient (Wildman–Crippen LogP) is 4.94. The van der Waals surface area contributed by atoms with E-state index in [-0.39, 0.29) is 0 Å². The van der Waals surface area contributed by atoms with E-state index >= 15 is 0 Å². The van der Waals surface area contributed by atoms with Crippen LogP contribution in [0.25, 0.3) is 6.08 Å². The quantitative estimate of drug-likeness (QED) is 0.374. The van der Waals surface area contributed by atoms with Crippen molar-refractivity contribution in [2.75, 3.05) is 0 Å². The van der Waals surface area contributed by atoms with Crippen LogP contribution in [0.15, 0.2) is 53.2 Å². The normalized spacial score (nSPS) is 15.9. The molecule has 0 unspecified atom stereocenters. The van der Waals surface area contributed by atoms with Crippen LogP contribution in [0.1, 0.15) is 11.1 Å². The highest BCUT2D eigenvalue weighted by atomic mass is 127. The summed E-state index contributed by atoms with van der Waals surface area (Å²) in [5, 5.41) is 4.87. The molecular formula is C16H8Cl2INO2. The molecule has 0 aliphatic carbocycles. The summed E-state index contributed by atoms with van der Waals surface area (Å²) >= 11 is 14.2. The van der Waals surface area contributed by atoms with Gasteiger partial charge < -0.3 is 4.84 Å². The van der Waals surface area contributed by atoms with E-state index < -0.39 is 5.97 Å². The largest absolute Gasteiger partial charge is 0.368 e. The number of rotatable bonds is 2. The van der Waals surface area contributed by atoms with Crippen LogP contribution in [0.2, 0.25) is 10.0 Å². The van der Waals surface area contributed by atoms with Gasteiger partial charge in [-0.1, -0.05) is 46.6 Å². The average molecular weight is 444 g/mol. The molecule has 0 amide bonds. The minimum Gasteiger partial charge on any atom is -0.312 e. The molecule has 3 rings (SSSR count). The van der Waals surface area contributed by atoms with E-state index in [2.05, 4.69) is 27.7 Å². The Labute approximate surface area is 150 Å². The number of nitrogens with zero attached hydrogens (tertiary/aromatic N) is 1. The van der Waals surface area contributed by atoms with E-state index in [0.29, 0.717) is 26.9 Å². The Bertz CT molecular complexity index is 831. The van der Waals surface area contributed by atoms with Crippen LogP contribution in [0.3, 0.4) is 0 Å². The minimum atomic E-state index is -0.500. The first kappa shape index (κ1) is 15.5. The lowest BCUT2D eigenvalue weighted by molar-refractivity contribution is -0.136. The molecule has 6 heteroatoms. The van der Waals surface area contributed by atoms with Crippen LogP contribution in [-0.2, 0) is 9.63 Å². The summed E-state index contributed by atoms with van der Waals surface area (Å²) in [4.78, 5) is 16.8. The molecule has 0 N–H and O–H groups in total. The third-order valence-corrected chi connectivity index (χ3v) is 4.29. The second kappa shape index (κ2) is 6.40. The molecule has 0 bridgehead atoms. The van der Waals surface area contributed by atoms with E-state index in [9.17, 15) is 4.79 Å². The minimum absolute atomic E-state index is 0.367. The molecule has 0 saturated heterocycles. The fraction of sp³-hybridized carbons (Fsp3) is 0. The molecule has 22 heavy (non-hydrogen) atoms. The van der Waals surface area contributed by atoms with Gasteiger partial charge >= 0.3 is 5.97 Å². The summed E-state index contributed by atoms with van der Waals surface area (Å²) in [6.45, 7) is 0. The Hall–Kier alpha value is -1.37. The second-order valence-electron chi connectivity index (χ2n) is 4.55. The first-order valence-corrected chi connectivity index (χ1v) is 8.10. The highest BCUT2D eigenvalue weighted by Crippen LogP contribution is 2.26. The number of hydrogen-bond acceptors (Lipinski definition) is 3. The van der Waals surface area contributed by atoms with Crippen molar-refractivity contribution in [1.29, 1.82) is 0 Å². The molecule has 0 radical (unpaired) electrons. The van der Waals surface area contributed by atoms with Crippen LogP contribution < -0.4 is 0 Å². The standard InChI is InChI=1S/C16H8Cl2INO2/c17-11-5-4-9(14(18)8-11)7-13-15(20-22-16(13)21)10-2-1-3-12(19)6-10/h1-8H/b13-7-. The van der Waals surface area contributed by atoms with Crippen LogP contribution in [0.4, 0.5) is 0 Å². The summed E-state index contributed by atoms with van der Waals surface area (Å²) in [7, 11) is 0. The number of benzene rings is 2. The van der Waals surface area contributed by atoms with E-state index in [0.717, 1.165) is 9.13 Å². The summed E-state index contributed by atoms with van der Waals surface area (Å²) in [6, 6.07) is 12.7. The smallest absolute Gasteiger partial charge is 0.312 e. The van der Waals surface area contributed by atoms with Crippen LogP contribution >= 0.6 is 45.8 Å². The number of carbonyl (C=O) groups is 1. The second-order valence-corrected chi connectivity index (χ2v) is 6.64. The lowest BCUT2D eigenvalue weighted by atomic mass is 10.0. The molecule has 1 aliphatic heterocycles. The molecule has 1 aliphatic rings. The molecule has 2 aromatic rings. The molecule has 3 nitrogen and oxygen atoms in total. The van der Waals surface area contributed by atoms with Crippen molar-refractivity contribution in [1.82, 2.24) is 0 Å². The molecule has 0 saturated carbocycles. The van der Waals surface area contributed by atoms with Crippen molar-refractivity contribution >= 4 is 63.5 Å². The maximum absolute atomic E-state index is 11.9. The lowest BCUT2D eigenvalue weighted by Gasteiger charge is -2.03. The van der Waals surface area contributed by atoms with Crippen molar-refractivity contribution in [2.45, 2.75) is 0 Å². The molecule has 1 heterocycles. The number of hydrogen-bond donors (Lipinski definition) is 0. The molecule has 0 spiro atoms. The van der Waals surface area contributed by atoms with E-state index in [1.807, 2.05) is 24.3 Å². The van der Waals surface area contributed by atoms with Crippen LogP contribution in [0.5, 0.6) is 0 Å². The Morgan fingerprint density at radius 1 is 1.14 bits per heavy atom. The summed E-state index contributed by atoms with van der Waals surface area (Å²) in [6.07, 6.45) is 1.66. The van der Waals surface area contributed by atoms with Crippen LogP contribution in [0, 0.1) is 3.57 Å². The van der Waals surface area contributed by atoms with Gasteiger partial charge in [0.1, 0.15) is 5.71 Å². The Kier molecular flexibility index (Phi) is 4.52. The highest BCUT2D eigenvalue weighted by molar-refractivity contribution is 14.1. The van der Waals surface area contributed by atoms with Crippen molar-refractivity contribution in [2.24, 2.45) is 5.16 Å². The topological polar surface area (TPSA) is 38.7 Å². The summed E-state index contributed by atoms with van der Waals surface area (Å²) in [5.74, 6) is -0.500. The maximum atomic E-state index is 11.9. The molecule has 2 aromatic carbocycles. The first-order chi connectivity index (χ1) is 10.5. The molecule has 0 fully saturated rings. The number of halogens is 3. The SMILES string of the molecule is O=C1ON=C(c2cccc(I)c2)/C1=C/c1ccc(Cl)cc1Cl. The zero-order valence-corrected chi connectivity index (χ0v) is 14.7. The summed E-state index contributed by atoms with van der Waals surface area (Å²) < 4.78 is 1.04. The lowest BCUT2D eigenvalue weighted by Crippen LogP contribution is -2.07. The predicted molar refractivity (Wildman–Crippen MR) is 96.2 cm³/mol. The average Bonchev–Trinajstić information content (AvgIpc) is 2.83. The fourth-order valence-electron chi connectivity index (χ4n) is 2.03. The van der Waals surface area contributed by atoms with Gasteiger partial charge in [0.2, 0.25) is 0 Å². The van der Waals surface area contributed by atoms with Gasteiger partial charge in [0.05, 0.1) is 5.57 Å². The summed E-state index contributed by atoms with van der Waals surface area (Å²) in [5.41, 5.74) is 2.35. The van der Waals surface area contributed by atoms with Gasteiger partial charge in [-0.25, -0.2) is 4.79 Å². The number of carbonyl (C=O) groups excluding carboxylic acids is 1. The van der Waals surface area contributed by atoms with Crippen molar-refractivity contribution in [3.63, 3.8) is 0 Å². The van der Waals surface area contributed by atoms with Gasteiger partial charge in [0, 0.05) is 19.2 Å². The zero-order chi connectivity index (χ0) is 15.7. The van der Waals surface area contributed by atoms with Gasteiger partial charge in [0.15, 0.2) is 0 Å². The molecular weight excluding hydrogens is 436 g/mol.